The molecule has 0 bridgehead atoms. The average molecular weight is 414 g/mol. The van der Waals surface area contributed by atoms with Gasteiger partial charge in [-0.2, -0.15) is 0 Å². The number of hydrogen-bond acceptors (Lipinski definition) is 4. The molecule has 27 heavy (non-hydrogen) atoms. The number of ether oxygens (including phenoxy) is 1. The lowest BCUT2D eigenvalue weighted by atomic mass is 10.1. The lowest BCUT2D eigenvalue weighted by molar-refractivity contribution is 0.102. The number of benzene rings is 2. The van der Waals surface area contributed by atoms with Gasteiger partial charge in [-0.05, 0) is 49.8 Å². The van der Waals surface area contributed by atoms with Gasteiger partial charge in [0.15, 0.2) is 0 Å². The van der Waals surface area contributed by atoms with Crippen molar-refractivity contribution in [3.8, 4) is 5.75 Å². The first-order chi connectivity index (χ1) is 12.0. The van der Waals surface area contributed by atoms with Crippen LogP contribution in [0.2, 0.25) is 0 Å². The van der Waals surface area contributed by atoms with Crippen LogP contribution in [0.3, 0.4) is 0 Å². The number of aryl methyl sites for hydroxylation is 1. The summed E-state index contributed by atoms with van der Waals surface area (Å²) in [7, 11) is 0. The van der Waals surface area contributed by atoms with E-state index in [1.165, 1.54) is 0 Å². The molecule has 0 saturated carbocycles. The Hall–Kier alpha value is -1.95. The first kappa shape index (κ1) is 25.1. The highest BCUT2D eigenvalue weighted by Gasteiger charge is 2.12. The van der Waals surface area contributed by atoms with Crippen LogP contribution in [0, 0.1) is 6.92 Å². The third-order valence-electron chi connectivity index (χ3n) is 4.20. The number of nitrogens with two attached hydrogens (primary N) is 1. The Bertz CT molecular complexity index is 722. The Morgan fingerprint density at radius 2 is 1.78 bits per heavy atom. The lowest BCUT2D eigenvalue weighted by Gasteiger charge is -2.19. The van der Waals surface area contributed by atoms with Crippen molar-refractivity contribution < 1.29 is 9.53 Å². The third kappa shape index (κ3) is 7.29. The number of para-hydroxylation sites is 2. The summed E-state index contributed by atoms with van der Waals surface area (Å²) >= 11 is 0. The van der Waals surface area contributed by atoms with E-state index >= 15 is 0 Å². The van der Waals surface area contributed by atoms with E-state index < -0.39 is 0 Å². The predicted octanol–water partition coefficient (Wildman–Crippen LogP) is 4.39. The fourth-order valence-electron chi connectivity index (χ4n) is 2.59. The van der Waals surface area contributed by atoms with Crippen LogP contribution in [-0.4, -0.2) is 37.0 Å². The van der Waals surface area contributed by atoms with Gasteiger partial charge >= 0.3 is 0 Å². The normalized spacial score (nSPS) is 9.93. The second-order valence-electron chi connectivity index (χ2n) is 5.90. The molecule has 0 saturated heterocycles. The van der Waals surface area contributed by atoms with Gasteiger partial charge in [-0.3, -0.25) is 4.79 Å². The molecule has 0 spiro atoms. The van der Waals surface area contributed by atoms with Gasteiger partial charge in [0.1, 0.15) is 12.4 Å². The Morgan fingerprint density at radius 3 is 2.44 bits per heavy atom. The SMILES string of the molecule is CCN(CC)CCOc1ccccc1NC(=O)c1cc(N)ccc1C.Cl.Cl. The van der Waals surface area contributed by atoms with E-state index in [9.17, 15) is 4.79 Å². The summed E-state index contributed by atoms with van der Waals surface area (Å²) in [6, 6.07) is 12.8. The molecule has 0 aliphatic rings. The number of anilines is 2. The zero-order chi connectivity index (χ0) is 18.2. The van der Waals surface area contributed by atoms with E-state index in [0.29, 0.717) is 29.3 Å². The molecule has 0 aliphatic carbocycles. The van der Waals surface area contributed by atoms with Gasteiger partial charge in [0.2, 0.25) is 0 Å². The van der Waals surface area contributed by atoms with Crippen LogP contribution in [0.25, 0.3) is 0 Å². The molecule has 0 aromatic heterocycles. The molecule has 7 heteroatoms. The first-order valence-electron chi connectivity index (χ1n) is 8.66. The summed E-state index contributed by atoms with van der Waals surface area (Å²) in [6.45, 7) is 9.56. The number of nitrogens with zero attached hydrogens (tertiary/aromatic N) is 1. The molecule has 2 aromatic rings. The standard InChI is InChI=1S/C20H27N3O2.2ClH/c1-4-23(5-2)12-13-25-19-9-7-6-8-18(19)22-20(24)17-14-16(21)11-10-15(17)3;;/h6-11,14H,4-5,12-13,21H2,1-3H3,(H,22,24);2*1H. The van der Waals surface area contributed by atoms with Gasteiger partial charge in [-0.15, -0.1) is 24.8 Å². The van der Waals surface area contributed by atoms with Gasteiger partial charge in [0, 0.05) is 17.8 Å². The predicted molar refractivity (Wildman–Crippen MR) is 118 cm³/mol. The Balaban J connectivity index is 0.00000338. The molecule has 2 aromatic carbocycles. The van der Waals surface area contributed by atoms with Gasteiger partial charge in [-0.1, -0.05) is 32.0 Å². The molecule has 1 amide bonds. The molecule has 0 fully saturated rings. The number of carbonyl (C=O) groups is 1. The van der Waals surface area contributed by atoms with Crippen LogP contribution in [0.4, 0.5) is 11.4 Å². The van der Waals surface area contributed by atoms with Crippen molar-refractivity contribution in [2.45, 2.75) is 20.8 Å². The molecule has 0 atom stereocenters. The van der Waals surface area contributed by atoms with Crippen molar-refractivity contribution >= 4 is 42.1 Å². The van der Waals surface area contributed by atoms with Crippen LogP contribution in [-0.2, 0) is 0 Å². The van der Waals surface area contributed by atoms with Crippen LogP contribution in [0.1, 0.15) is 29.8 Å². The lowest BCUT2D eigenvalue weighted by Crippen LogP contribution is -2.28. The Labute approximate surface area is 174 Å². The molecule has 5 nitrogen and oxygen atoms in total. The highest BCUT2D eigenvalue weighted by atomic mass is 35.5. The van der Waals surface area contributed by atoms with Crippen molar-refractivity contribution in [1.82, 2.24) is 4.90 Å². The summed E-state index contributed by atoms with van der Waals surface area (Å²) in [6.07, 6.45) is 0. The van der Waals surface area contributed by atoms with Crippen molar-refractivity contribution in [2.24, 2.45) is 0 Å². The van der Waals surface area contributed by atoms with Crippen LogP contribution in [0.5, 0.6) is 5.75 Å². The molecule has 2 rings (SSSR count). The number of rotatable bonds is 8. The van der Waals surface area contributed by atoms with Gasteiger partial charge < -0.3 is 20.7 Å². The van der Waals surface area contributed by atoms with Gasteiger partial charge in [0.25, 0.3) is 5.91 Å². The van der Waals surface area contributed by atoms with Gasteiger partial charge in [-0.25, -0.2) is 0 Å². The molecular weight excluding hydrogens is 385 g/mol. The number of halogens is 2. The van der Waals surface area contributed by atoms with Crippen LogP contribution >= 0.6 is 24.8 Å². The summed E-state index contributed by atoms with van der Waals surface area (Å²) in [5.74, 6) is 0.481. The largest absolute Gasteiger partial charge is 0.490 e. The van der Waals surface area contributed by atoms with Crippen LogP contribution < -0.4 is 15.8 Å². The van der Waals surface area contributed by atoms with Crippen molar-refractivity contribution in [3.63, 3.8) is 0 Å². The van der Waals surface area contributed by atoms with Crippen molar-refractivity contribution in [1.29, 1.82) is 0 Å². The second kappa shape index (κ2) is 12.4. The van der Waals surface area contributed by atoms with Crippen LogP contribution in [0.15, 0.2) is 42.5 Å². The maximum atomic E-state index is 12.6. The minimum atomic E-state index is -0.190. The molecule has 0 heterocycles. The Kier molecular flexibility index (Phi) is 11.5. The van der Waals surface area contributed by atoms with E-state index in [1.54, 1.807) is 12.1 Å². The maximum Gasteiger partial charge on any atom is 0.256 e. The quantitative estimate of drug-likeness (QED) is 0.629. The fourth-order valence-corrected chi connectivity index (χ4v) is 2.59. The number of amides is 1. The summed E-state index contributed by atoms with van der Waals surface area (Å²) in [5.41, 5.74) is 8.48. The van der Waals surface area contributed by atoms with Gasteiger partial charge in [0.05, 0.1) is 5.69 Å². The molecule has 3 N–H and O–H groups in total. The van der Waals surface area contributed by atoms with E-state index in [-0.39, 0.29) is 30.7 Å². The Morgan fingerprint density at radius 1 is 1.11 bits per heavy atom. The number of carbonyl (C=O) groups excluding carboxylic acids is 1. The minimum absolute atomic E-state index is 0. The van der Waals surface area contributed by atoms with E-state index in [0.717, 1.165) is 25.2 Å². The fraction of sp³-hybridized carbons (Fsp3) is 0.350. The summed E-state index contributed by atoms with van der Waals surface area (Å²) in [5, 5.41) is 2.93. The number of nitrogens with one attached hydrogen (secondary N) is 1. The molecule has 0 aliphatic heterocycles. The average Bonchev–Trinajstić information content (AvgIpc) is 2.62. The van der Waals surface area contributed by atoms with E-state index in [4.69, 9.17) is 10.5 Å². The van der Waals surface area contributed by atoms with Crippen molar-refractivity contribution in [2.75, 3.05) is 37.3 Å². The number of hydrogen-bond donors (Lipinski definition) is 2. The topological polar surface area (TPSA) is 67.6 Å². The van der Waals surface area contributed by atoms with E-state index in [2.05, 4.69) is 24.1 Å². The maximum absolute atomic E-state index is 12.6. The summed E-state index contributed by atoms with van der Waals surface area (Å²) < 4.78 is 5.88. The highest BCUT2D eigenvalue weighted by Crippen LogP contribution is 2.25. The molecule has 150 valence electrons. The number of nitrogen functional groups attached to an aromatic ring is 1. The second-order valence-corrected chi connectivity index (χ2v) is 5.90. The monoisotopic (exact) mass is 413 g/mol. The van der Waals surface area contributed by atoms with Crippen molar-refractivity contribution in [3.05, 3.63) is 53.6 Å². The highest BCUT2D eigenvalue weighted by molar-refractivity contribution is 6.06. The minimum Gasteiger partial charge on any atom is -0.490 e. The number of likely N-dealkylation sites (N-methyl/N-ethyl adjacent to an activating group) is 1. The smallest absolute Gasteiger partial charge is 0.256 e. The first-order valence-corrected chi connectivity index (χ1v) is 8.66. The molecule has 0 radical (unpaired) electrons. The zero-order valence-corrected chi connectivity index (χ0v) is 17.7. The molecular formula is C20H29Cl2N3O2. The zero-order valence-electron chi connectivity index (χ0n) is 16.0. The summed E-state index contributed by atoms with van der Waals surface area (Å²) in [4.78, 5) is 14.9. The van der Waals surface area contributed by atoms with E-state index in [1.807, 2.05) is 37.3 Å². The third-order valence-corrected chi connectivity index (χ3v) is 4.20. The molecule has 0 unspecified atom stereocenters.